The van der Waals surface area contributed by atoms with Crippen LogP contribution in [0.4, 0.5) is 5.13 Å². The van der Waals surface area contributed by atoms with Crippen LogP contribution >= 0.6 is 23.3 Å². The van der Waals surface area contributed by atoms with Crippen molar-refractivity contribution in [2.45, 2.75) is 31.5 Å². The SMILES string of the molecule is CC1=C(C(=O)O)N2C(=O)C(NC(=O)/C(=N/OCc3ccc(CN)cc3)c3nsc(N)n3)[C@H]2SC1. The number of nitrogens with one attached hydrogen (secondary N) is 1. The summed E-state index contributed by atoms with van der Waals surface area (Å²) >= 11 is 2.25. The van der Waals surface area contributed by atoms with Crippen LogP contribution in [0.1, 0.15) is 23.9 Å². The Morgan fingerprint density at radius 1 is 1.32 bits per heavy atom. The molecule has 0 aliphatic carbocycles. The van der Waals surface area contributed by atoms with Gasteiger partial charge < -0.3 is 26.7 Å². The van der Waals surface area contributed by atoms with Crippen LogP contribution in [0, 0.1) is 0 Å². The predicted octanol–water partition coefficient (Wildman–Crippen LogP) is 0.258. The number of thioether (sulfide) groups is 1. The van der Waals surface area contributed by atoms with Gasteiger partial charge in [-0.1, -0.05) is 29.4 Å². The average Bonchev–Trinajstić information content (AvgIpc) is 3.25. The molecule has 178 valence electrons. The summed E-state index contributed by atoms with van der Waals surface area (Å²) in [7, 11) is 0. The first kappa shape index (κ1) is 23.7. The van der Waals surface area contributed by atoms with Gasteiger partial charge in [0.15, 0.2) is 5.13 Å². The number of carbonyl (C=O) groups is 3. The molecule has 6 N–H and O–H groups in total. The van der Waals surface area contributed by atoms with Gasteiger partial charge in [0.25, 0.3) is 11.8 Å². The Kier molecular flexibility index (Phi) is 6.81. The highest BCUT2D eigenvalue weighted by atomic mass is 32.2. The zero-order valence-corrected chi connectivity index (χ0v) is 19.6. The summed E-state index contributed by atoms with van der Waals surface area (Å²) in [5, 5.41) is 15.6. The molecule has 2 amide bonds. The summed E-state index contributed by atoms with van der Waals surface area (Å²) in [4.78, 5) is 47.8. The van der Waals surface area contributed by atoms with E-state index in [4.69, 9.17) is 16.3 Å². The van der Waals surface area contributed by atoms with Gasteiger partial charge in [0.2, 0.25) is 11.5 Å². The number of nitrogen functional groups attached to an aromatic ring is 1. The third kappa shape index (κ3) is 4.60. The second-order valence-corrected chi connectivity index (χ2v) is 9.37. The van der Waals surface area contributed by atoms with Crippen LogP contribution in [0.15, 0.2) is 40.7 Å². The minimum atomic E-state index is -1.18. The number of rotatable bonds is 8. The van der Waals surface area contributed by atoms with Gasteiger partial charge in [-0.15, -0.1) is 11.8 Å². The topological polar surface area (TPSA) is 186 Å². The Labute approximate surface area is 202 Å². The van der Waals surface area contributed by atoms with Gasteiger partial charge in [0, 0.05) is 23.8 Å². The Bertz CT molecular complexity index is 1190. The lowest BCUT2D eigenvalue weighted by molar-refractivity contribution is -0.150. The number of benzene rings is 1. The number of carbonyl (C=O) groups excluding carboxylic acids is 2. The van der Waals surface area contributed by atoms with Crippen LogP contribution in [-0.2, 0) is 32.4 Å². The van der Waals surface area contributed by atoms with Crippen molar-refractivity contribution in [1.82, 2.24) is 19.6 Å². The lowest BCUT2D eigenvalue weighted by Gasteiger charge is -2.49. The summed E-state index contributed by atoms with van der Waals surface area (Å²) < 4.78 is 4.02. The molecule has 1 fully saturated rings. The summed E-state index contributed by atoms with van der Waals surface area (Å²) in [5.74, 6) is -2.05. The van der Waals surface area contributed by atoms with E-state index < -0.39 is 29.2 Å². The number of carboxylic acid groups (broad SMARTS) is 1. The number of nitrogens with two attached hydrogens (primary N) is 2. The Hall–Kier alpha value is -3.49. The summed E-state index contributed by atoms with van der Waals surface area (Å²) in [6, 6.07) is 6.44. The molecule has 0 radical (unpaired) electrons. The van der Waals surface area contributed by atoms with Crippen LogP contribution in [0.25, 0.3) is 0 Å². The fraction of sp³-hybridized carbons (Fsp3) is 0.300. The number of nitrogens with zero attached hydrogens (tertiary/aromatic N) is 4. The predicted molar refractivity (Wildman–Crippen MR) is 125 cm³/mol. The molecule has 1 saturated heterocycles. The Morgan fingerprint density at radius 3 is 2.65 bits per heavy atom. The van der Waals surface area contributed by atoms with Gasteiger partial charge in [-0.25, -0.2) is 4.79 Å². The second kappa shape index (κ2) is 9.79. The maximum absolute atomic E-state index is 13.0. The fourth-order valence-electron chi connectivity index (χ4n) is 3.44. The highest BCUT2D eigenvalue weighted by Gasteiger charge is 2.54. The molecule has 34 heavy (non-hydrogen) atoms. The number of amides is 2. The molecule has 1 aromatic carbocycles. The van der Waals surface area contributed by atoms with Crippen LogP contribution in [0.5, 0.6) is 0 Å². The molecule has 2 aliphatic rings. The van der Waals surface area contributed by atoms with Crippen molar-refractivity contribution >= 4 is 51.9 Å². The first-order valence-electron chi connectivity index (χ1n) is 10.1. The van der Waals surface area contributed by atoms with Crippen molar-refractivity contribution in [3.63, 3.8) is 0 Å². The van der Waals surface area contributed by atoms with E-state index in [1.807, 2.05) is 24.3 Å². The quantitative estimate of drug-likeness (QED) is 0.221. The van der Waals surface area contributed by atoms with E-state index >= 15 is 0 Å². The number of carboxylic acids is 1. The van der Waals surface area contributed by atoms with Gasteiger partial charge in [-0.3, -0.25) is 14.5 Å². The van der Waals surface area contributed by atoms with E-state index in [1.54, 1.807) is 6.92 Å². The Morgan fingerprint density at radius 2 is 2.03 bits per heavy atom. The van der Waals surface area contributed by atoms with Gasteiger partial charge in [0.1, 0.15) is 23.7 Å². The van der Waals surface area contributed by atoms with Gasteiger partial charge in [0.05, 0.1) is 0 Å². The van der Waals surface area contributed by atoms with Crippen molar-refractivity contribution in [3.8, 4) is 0 Å². The van der Waals surface area contributed by atoms with Crippen molar-refractivity contribution in [2.24, 2.45) is 10.9 Å². The largest absolute Gasteiger partial charge is 0.477 e. The zero-order chi connectivity index (χ0) is 24.4. The molecule has 4 rings (SSSR count). The number of aromatic nitrogens is 2. The highest BCUT2D eigenvalue weighted by Crippen LogP contribution is 2.40. The summed E-state index contributed by atoms with van der Waals surface area (Å²) in [6.45, 7) is 2.15. The average molecular weight is 504 g/mol. The molecule has 2 aromatic rings. The molecule has 2 aliphatic heterocycles. The molecule has 1 aromatic heterocycles. The van der Waals surface area contributed by atoms with E-state index in [1.165, 1.54) is 16.7 Å². The maximum Gasteiger partial charge on any atom is 0.352 e. The third-order valence-electron chi connectivity index (χ3n) is 5.16. The molecule has 3 heterocycles. The number of oxime groups is 1. The molecule has 0 saturated carbocycles. The molecule has 0 bridgehead atoms. The normalized spacial score (nSPS) is 20.0. The van der Waals surface area contributed by atoms with E-state index in [9.17, 15) is 19.5 Å². The molecular weight excluding hydrogens is 482 g/mol. The monoisotopic (exact) mass is 503 g/mol. The molecule has 12 nitrogen and oxygen atoms in total. The minimum absolute atomic E-state index is 0.0413. The van der Waals surface area contributed by atoms with Gasteiger partial charge >= 0.3 is 5.97 Å². The summed E-state index contributed by atoms with van der Waals surface area (Å²) in [5.41, 5.74) is 13.3. The van der Waals surface area contributed by atoms with E-state index in [0.29, 0.717) is 17.9 Å². The number of hydrogen-bond acceptors (Lipinski definition) is 11. The minimum Gasteiger partial charge on any atom is -0.477 e. The van der Waals surface area contributed by atoms with Crippen LogP contribution < -0.4 is 16.8 Å². The molecule has 0 spiro atoms. The number of hydrogen-bond donors (Lipinski definition) is 4. The van der Waals surface area contributed by atoms with E-state index in [-0.39, 0.29) is 29.0 Å². The standard InChI is InChI=1S/C20H21N7O5S2/c1-9-8-33-18-13(17(29)27(18)14(9)19(30)31)23-16(28)12(15-24-20(22)34-26-15)25-32-7-11-4-2-10(6-21)3-5-11/h2-5,13,18H,6-8,21H2,1H3,(H,23,28)(H,30,31)(H2,22,24,26)/b25-12+/t13?,18-/m1/s1. The van der Waals surface area contributed by atoms with Crippen molar-refractivity contribution in [1.29, 1.82) is 0 Å². The third-order valence-corrected chi connectivity index (χ3v) is 7.13. The second-order valence-electron chi connectivity index (χ2n) is 7.49. The summed E-state index contributed by atoms with van der Waals surface area (Å²) in [6.07, 6.45) is 0. The lowest BCUT2D eigenvalue weighted by atomic mass is 10.0. The first-order chi connectivity index (χ1) is 16.3. The molecule has 2 atom stereocenters. The Balaban J connectivity index is 1.49. The first-order valence-corrected chi connectivity index (χ1v) is 11.9. The maximum atomic E-state index is 13.0. The van der Waals surface area contributed by atoms with Crippen molar-refractivity contribution < 1.29 is 24.3 Å². The van der Waals surface area contributed by atoms with Gasteiger partial charge in [-0.05, 0) is 23.6 Å². The number of aliphatic carboxylic acids is 1. The zero-order valence-electron chi connectivity index (χ0n) is 17.9. The van der Waals surface area contributed by atoms with Crippen molar-refractivity contribution in [2.75, 3.05) is 11.5 Å². The van der Waals surface area contributed by atoms with E-state index in [0.717, 1.165) is 22.7 Å². The van der Waals surface area contributed by atoms with Crippen LogP contribution in [-0.4, -0.2) is 60.0 Å². The molecular formula is C20H21N7O5S2. The molecule has 1 unspecified atom stereocenters. The van der Waals surface area contributed by atoms with Crippen molar-refractivity contribution in [3.05, 3.63) is 52.5 Å². The smallest absolute Gasteiger partial charge is 0.352 e. The van der Waals surface area contributed by atoms with E-state index in [2.05, 4.69) is 19.8 Å². The molecule has 14 heteroatoms. The van der Waals surface area contributed by atoms with Crippen LogP contribution in [0.3, 0.4) is 0 Å². The number of β-lactam (4-membered cyclic amide) rings is 1. The fourth-order valence-corrected chi connectivity index (χ4v) is 5.17. The highest BCUT2D eigenvalue weighted by molar-refractivity contribution is 8.00. The number of fused-ring (bicyclic) bond motifs is 1. The van der Waals surface area contributed by atoms with Gasteiger partial charge in [-0.2, -0.15) is 9.36 Å². The van der Waals surface area contributed by atoms with Crippen LogP contribution in [0.2, 0.25) is 0 Å². The number of anilines is 1. The lowest BCUT2D eigenvalue weighted by Crippen LogP contribution is -2.71.